The van der Waals surface area contributed by atoms with Gasteiger partial charge in [-0.15, -0.1) is 0 Å². The second kappa shape index (κ2) is 8.88. The Morgan fingerprint density at radius 1 is 1.27 bits per heavy atom. The predicted molar refractivity (Wildman–Crippen MR) is 120 cm³/mol. The van der Waals surface area contributed by atoms with Gasteiger partial charge >= 0.3 is 0 Å². The van der Waals surface area contributed by atoms with Crippen LogP contribution in [0, 0.1) is 12.8 Å². The molecular weight excluding hydrogens is 430 g/mol. The summed E-state index contributed by atoms with van der Waals surface area (Å²) in [6, 6.07) is 5.92. The van der Waals surface area contributed by atoms with Gasteiger partial charge in [0.25, 0.3) is 11.8 Å². The van der Waals surface area contributed by atoms with Crippen molar-refractivity contribution in [2.45, 2.75) is 51.5 Å². The summed E-state index contributed by atoms with van der Waals surface area (Å²) in [7, 11) is 1.50. The molecule has 1 aromatic carbocycles. The maximum absolute atomic E-state index is 13.6. The number of ether oxygens (including phenoxy) is 1. The second-order valence-electron chi connectivity index (χ2n) is 8.58. The maximum atomic E-state index is 13.6. The van der Waals surface area contributed by atoms with Gasteiger partial charge in [-0.05, 0) is 50.8 Å². The number of carbonyl (C=O) groups excluding carboxylic acids is 2. The molecule has 1 saturated carbocycles. The van der Waals surface area contributed by atoms with E-state index in [0.29, 0.717) is 11.4 Å². The lowest BCUT2D eigenvalue weighted by Crippen LogP contribution is -2.19. The number of pyridine rings is 1. The van der Waals surface area contributed by atoms with Gasteiger partial charge in [-0.25, -0.2) is 4.98 Å². The SMILES string of the molecule is COc1c(NC(=O)c2cccc(C(C)(F)F)n2)cc2cn([C@H]3CC[C@H](C=O)CC3)nc2c1C. The Balaban J connectivity index is 1.64. The van der Waals surface area contributed by atoms with Crippen LogP contribution in [0.15, 0.2) is 30.5 Å². The van der Waals surface area contributed by atoms with E-state index in [2.05, 4.69) is 10.3 Å². The number of fused-ring (bicyclic) bond motifs is 1. The molecule has 2 heterocycles. The molecule has 0 bridgehead atoms. The lowest BCUT2D eigenvalue weighted by atomic mass is 9.87. The van der Waals surface area contributed by atoms with Crippen molar-refractivity contribution in [3.63, 3.8) is 0 Å². The molecule has 0 saturated heterocycles. The summed E-state index contributed by atoms with van der Waals surface area (Å²) in [5.74, 6) is -3.20. The highest BCUT2D eigenvalue weighted by molar-refractivity contribution is 6.05. The Hall–Kier alpha value is -3.36. The fraction of sp³-hybridized carbons (Fsp3) is 0.417. The number of anilines is 1. The molecule has 0 aliphatic heterocycles. The molecule has 2 aromatic heterocycles. The topological polar surface area (TPSA) is 86.1 Å². The number of halogens is 2. The number of benzene rings is 1. The van der Waals surface area contributed by atoms with Crippen molar-refractivity contribution >= 4 is 28.8 Å². The van der Waals surface area contributed by atoms with Crippen LogP contribution in [0.1, 0.15) is 60.4 Å². The van der Waals surface area contributed by atoms with Crippen LogP contribution in [-0.4, -0.2) is 34.1 Å². The number of amides is 1. The maximum Gasteiger partial charge on any atom is 0.287 e. The van der Waals surface area contributed by atoms with Gasteiger partial charge in [-0.2, -0.15) is 13.9 Å². The van der Waals surface area contributed by atoms with Crippen LogP contribution in [0.3, 0.4) is 0 Å². The molecule has 174 valence electrons. The number of carbonyl (C=O) groups is 2. The fourth-order valence-electron chi connectivity index (χ4n) is 4.37. The molecule has 1 N–H and O–H groups in total. The number of aromatic nitrogens is 3. The highest BCUT2D eigenvalue weighted by atomic mass is 19.3. The first-order valence-corrected chi connectivity index (χ1v) is 10.9. The first-order valence-electron chi connectivity index (χ1n) is 10.9. The summed E-state index contributed by atoms with van der Waals surface area (Å²) in [4.78, 5) is 27.7. The zero-order valence-corrected chi connectivity index (χ0v) is 18.8. The number of hydrogen-bond acceptors (Lipinski definition) is 5. The quantitative estimate of drug-likeness (QED) is 0.525. The smallest absolute Gasteiger partial charge is 0.287 e. The van der Waals surface area contributed by atoms with E-state index in [1.807, 2.05) is 17.8 Å². The van der Waals surface area contributed by atoms with Crippen molar-refractivity contribution in [3.05, 3.63) is 47.4 Å². The lowest BCUT2D eigenvalue weighted by Gasteiger charge is -2.25. The Morgan fingerprint density at radius 3 is 2.64 bits per heavy atom. The molecule has 33 heavy (non-hydrogen) atoms. The molecule has 7 nitrogen and oxygen atoms in total. The normalized spacial score (nSPS) is 18.8. The van der Waals surface area contributed by atoms with E-state index in [1.54, 1.807) is 6.07 Å². The highest BCUT2D eigenvalue weighted by Gasteiger charge is 2.27. The summed E-state index contributed by atoms with van der Waals surface area (Å²) in [5.41, 5.74) is 1.34. The van der Waals surface area contributed by atoms with E-state index >= 15 is 0 Å². The molecule has 0 atom stereocenters. The summed E-state index contributed by atoms with van der Waals surface area (Å²) in [5, 5.41) is 8.32. The Kier molecular flexibility index (Phi) is 6.14. The molecule has 1 fully saturated rings. The third-order valence-electron chi connectivity index (χ3n) is 6.19. The minimum absolute atomic E-state index is 0.114. The Morgan fingerprint density at radius 2 is 2.00 bits per heavy atom. The molecule has 1 amide bonds. The summed E-state index contributed by atoms with van der Waals surface area (Å²) in [6.45, 7) is 2.59. The minimum Gasteiger partial charge on any atom is -0.494 e. The summed E-state index contributed by atoms with van der Waals surface area (Å²) >= 11 is 0. The number of rotatable bonds is 6. The standard InChI is InChI=1S/C24H26F2N4O3/c1-14-21-16(12-30(29-21)17-9-7-15(13-31)8-10-17)11-19(22(14)33-3)28-23(32)18-5-4-6-20(27-18)24(2,25)26/h4-6,11-13,15,17H,7-10H2,1-3H3,(H,28,32)/t15-,17-. The predicted octanol–water partition coefficient (Wildman–Crippen LogP) is 5.04. The first-order chi connectivity index (χ1) is 15.7. The highest BCUT2D eigenvalue weighted by Crippen LogP contribution is 2.37. The second-order valence-corrected chi connectivity index (χ2v) is 8.58. The van der Waals surface area contributed by atoms with Crippen LogP contribution in [0.4, 0.5) is 14.5 Å². The summed E-state index contributed by atoms with van der Waals surface area (Å²) < 4.78 is 34.7. The molecule has 9 heteroatoms. The van der Waals surface area contributed by atoms with E-state index in [9.17, 15) is 18.4 Å². The largest absolute Gasteiger partial charge is 0.494 e. The molecular formula is C24H26F2N4O3. The number of nitrogens with one attached hydrogen (secondary N) is 1. The molecule has 1 aliphatic carbocycles. The zero-order chi connectivity index (χ0) is 23.8. The minimum atomic E-state index is -3.15. The van der Waals surface area contributed by atoms with E-state index in [-0.39, 0.29) is 17.7 Å². The van der Waals surface area contributed by atoms with Gasteiger partial charge in [0.15, 0.2) is 0 Å². The number of nitrogens with zero attached hydrogens (tertiary/aromatic N) is 3. The molecule has 0 radical (unpaired) electrons. The molecule has 4 rings (SSSR count). The number of alkyl halides is 2. The molecule has 1 aliphatic rings. The molecule has 3 aromatic rings. The van der Waals surface area contributed by atoms with Crippen LogP contribution in [0.2, 0.25) is 0 Å². The first kappa shape index (κ1) is 22.8. The van der Waals surface area contributed by atoms with Crippen LogP contribution in [0.5, 0.6) is 5.75 Å². The van der Waals surface area contributed by atoms with Gasteiger partial charge in [-0.3, -0.25) is 9.48 Å². The van der Waals surface area contributed by atoms with Gasteiger partial charge in [0.05, 0.1) is 24.4 Å². The van der Waals surface area contributed by atoms with Gasteiger partial charge in [0, 0.05) is 30.0 Å². The number of methoxy groups -OCH3 is 1. The van der Waals surface area contributed by atoms with Gasteiger partial charge in [-0.1, -0.05) is 6.07 Å². The van der Waals surface area contributed by atoms with E-state index in [4.69, 9.17) is 9.84 Å². The van der Waals surface area contributed by atoms with E-state index in [0.717, 1.165) is 55.4 Å². The molecule has 0 unspecified atom stereocenters. The average molecular weight is 456 g/mol. The lowest BCUT2D eigenvalue weighted by molar-refractivity contribution is -0.112. The van der Waals surface area contributed by atoms with Crippen LogP contribution in [0.25, 0.3) is 10.9 Å². The van der Waals surface area contributed by atoms with Gasteiger partial charge in [0.1, 0.15) is 23.4 Å². The fourth-order valence-corrected chi connectivity index (χ4v) is 4.37. The molecule has 0 spiro atoms. The third kappa shape index (κ3) is 4.58. The van der Waals surface area contributed by atoms with Crippen molar-refractivity contribution in [3.8, 4) is 5.75 Å². The van der Waals surface area contributed by atoms with Gasteiger partial charge < -0.3 is 14.8 Å². The van der Waals surface area contributed by atoms with Crippen molar-refractivity contribution in [2.24, 2.45) is 5.92 Å². The third-order valence-corrected chi connectivity index (χ3v) is 6.19. The Bertz CT molecular complexity index is 1190. The van der Waals surface area contributed by atoms with Crippen molar-refractivity contribution in [1.29, 1.82) is 0 Å². The van der Waals surface area contributed by atoms with Gasteiger partial charge in [0.2, 0.25) is 0 Å². The summed E-state index contributed by atoms with van der Waals surface area (Å²) in [6.07, 6.45) is 6.40. The average Bonchev–Trinajstić information content (AvgIpc) is 3.23. The van der Waals surface area contributed by atoms with Crippen molar-refractivity contribution in [1.82, 2.24) is 14.8 Å². The number of aldehydes is 1. The monoisotopic (exact) mass is 456 g/mol. The number of hydrogen-bond donors (Lipinski definition) is 1. The van der Waals surface area contributed by atoms with Crippen LogP contribution >= 0.6 is 0 Å². The number of aryl methyl sites for hydroxylation is 1. The van der Waals surface area contributed by atoms with E-state index < -0.39 is 17.5 Å². The Labute approximate surface area is 190 Å². The van der Waals surface area contributed by atoms with Crippen molar-refractivity contribution < 1.29 is 23.1 Å². The van der Waals surface area contributed by atoms with E-state index in [1.165, 1.54) is 25.3 Å². The van der Waals surface area contributed by atoms with Crippen LogP contribution < -0.4 is 10.1 Å². The van der Waals surface area contributed by atoms with Crippen molar-refractivity contribution in [2.75, 3.05) is 12.4 Å². The zero-order valence-electron chi connectivity index (χ0n) is 18.8. The van der Waals surface area contributed by atoms with Crippen LogP contribution in [-0.2, 0) is 10.7 Å².